The van der Waals surface area contributed by atoms with E-state index in [1.54, 1.807) is 12.5 Å². The third kappa shape index (κ3) is 5.30. The minimum Gasteiger partial charge on any atom is -0.478 e. The van der Waals surface area contributed by atoms with Crippen molar-refractivity contribution in [1.82, 2.24) is 19.5 Å². The zero-order valence-corrected chi connectivity index (χ0v) is 30.1. The summed E-state index contributed by atoms with van der Waals surface area (Å²) in [4.78, 5) is 13.8. The number of hydrogen-bond donors (Lipinski definition) is 0. The molecule has 0 N–H and O–H groups in total. The van der Waals surface area contributed by atoms with Gasteiger partial charge in [-0.15, -0.1) is 0 Å². The number of aromatic nitrogens is 4. The molecule has 4 aromatic carbocycles. The lowest BCUT2D eigenvalue weighted by Crippen LogP contribution is -2.08. The normalized spacial score (nSPS) is 15.8. The molecule has 8 aromatic rings. The predicted molar refractivity (Wildman–Crippen MR) is 223 cm³/mol. The van der Waals surface area contributed by atoms with Gasteiger partial charge < -0.3 is 9.47 Å². The molecular formula is C50H32N4O2. The average Bonchev–Trinajstić information content (AvgIpc) is 3.81. The second-order valence-electron chi connectivity index (χ2n) is 14.0. The van der Waals surface area contributed by atoms with E-state index >= 15 is 0 Å². The second kappa shape index (κ2) is 13.1. The summed E-state index contributed by atoms with van der Waals surface area (Å²) < 4.78 is 15.1. The van der Waals surface area contributed by atoms with Crippen LogP contribution in [0.15, 0.2) is 206 Å². The molecule has 264 valence electrons. The van der Waals surface area contributed by atoms with Crippen molar-refractivity contribution in [2.45, 2.75) is 6.10 Å². The number of fused-ring (bicyclic) bond motifs is 5. The van der Waals surface area contributed by atoms with Gasteiger partial charge >= 0.3 is 0 Å². The first kappa shape index (κ1) is 31.9. The fourth-order valence-corrected chi connectivity index (χ4v) is 8.17. The Morgan fingerprint density at radius 3 is 1.77 bits per heavy atom. The molecule has 1 unspecified atom stereocenters. The molecule has 6 heterocycles. The van der Waals surface area contributed by atoms with Crippen LogP contribution in [0.2, 0.25) is 0 Å². The molecule has 0 radical (unpaired) electrons. The SMILES string of the molecule is C1=CC2OC3=COC(n4c5ccc(-c6ccccc6-c6ccccn6)cc5c5cc(-c6ccccc6-c6ccccn6)ccc54)=CC3=C2C=C1c1cccnc1. The Morgan fingerprint density at radius 1 is 0.554 bits per heavy atom. The summed E-state index contributed by atoms with van der Waals surface area (Å²) in [7, 11) is 0. The van der Waals surface area contributed by atoms with Gasteiger partial charge in [-0.1, -0.05) is 84.9 Å². The first-order chi connectivity index (χ1) is 27.8. The van der Waals surface area contributed by atoms with Crippen molar-refractivity contribution >= 4 is 33.3 Å². The molecule has 0 spiro atoms. The first-order valence-electron chi connectivity index (χ1n) is 18.7. The number of pyridine rings is 3. The zero-order chi connectivity index (χ0) is 37.0. The van der Waals surface area contributed by atoms with Gasteiger partial charge in [0.1, 0.15) is 12.4 Å². The summed E-state index contributed by atoms with van der Waals surface area (Å²) in [5.41, 5.74) is 14.8. The van der Waals surface area contributed by atoms with Gasteiger partial charge in [-0.05, 0) is 100 Å². The Bertz CT molecular complexity index is 2870. The highest BCUT2D eigenvalue weighted by molar-refractivity contribution is 6.12. The van der Waals surface area contributed by atoms with Gasteiger partial charge in [0.25, 0.3) is 0 Å². The number of rotatable bonds is 6. The number of hydrogen-bond acceptors (Lipinski definition) is 5. The Hall–Kier alpha value is -7.57. The molecule has 0 fully saturated rings. The summed E-state index contributed by atoms with van der Waals surface area (Å²) in [6.45, 7) is 0. The van der Waals surface area contributed by atoms with Crippen LogP contribution < -0.4 is 0 Å². The fraction of sp³-hybridized carbons (Fsp3) is 0.0200. The molecule has 6 nitrogen and oxygen atoms in total. The van der Waals surface area contributed by atoms with E-state index in [9.17, 15) is 0 Å². The van der Waals surface area contributed by atoms with E-state index in [0.717, 1.165) is 94.6 Å². The van der Waals surface area contributed by atoms with E-state index in [2.05, 4.69) is 137 Å². The molecule has 0 bridgehead atoms. The Morgan fingerprint density at radius 2 is 1.18 bits per heavy atom. The molecule has 6 heteroatoms. The third-order valence-electron chi connectivity index (χ3n) is 10.8. The van der Waals surface area contributed by atoms with Gasteiger partial charge in [0.15, 0.2) is 5.76 Å². The lowest BCUT2D eigenvalue weighted by atomic mass is 9.93. The van der Waals surface area contributed by atoms with Crippen LogP contribution in [0.4, 0.5) is 0 Å². The Labute approximate surface area is 323 Å². The number of ether oxygens (including phenoxy) is 2. The van der Waals surface area contributed by atoms with Gasteiger partial charge in [-0.3, -0.25) is 19.5 Å². The topological polar surface area (TPSA) is 62.1 Å². The van der Waals surface area contributed by atoms with E-state index in [0.29, 0.717) is 5.88 Å². The molecule has 1 atom stereocenters. The maximum Gasteiger partial charge on any atom is 0.205 e. The monoisotopic (exact) mass is 720 g/mol. The molecule has 1 aliphatic carbocycles. The Balaban J connectivity index is 1.12. The van der Waals surface area contributed by atoms with Crippen LogP contribution in [0.1, 0.15) is 5.56 Å². The lowest BCUT2D eigenvalue weighted by Gasteiger charge is -2.17. The fourth-order valence-electron chi connectivity index (χ4n) is 8.17. The van der Waals surface area contributed by atoms with Gasteiger partial charge in [0.2, 0.25) is 5.88 Å². The molecule has 3 aliphatic rings. The van der Waals surface area contributed by atoms with E-state index < -0.39 is 0 Å². The van der Waals surface area contributed by atoms with E-state index in [-0.39, 0.29) is 6.10 Å². The number of allylic oxidation sites excluding steroid dienone is 3. The third-order valence-corrected chi connectivity index (χ3v) is 10.8. The summed E-state index contributed by atoms with van der Waals surface area (Å²) in [6.07, 6.45) is 17.5. The molecule has 0 amide bonds. The van der Waals surface area contributed by atoms with Gasteiger partial charge in [-0.2, -0.15) is 0 Å². The van der Waals surface area contributed by atoms with Crippen molar-refractivity contribution in [3.05, 3.63) is 211 Å². The van der Waals surface area contributed by atoms with Crippen molar-refractivity contribution in [3.8, 4) is 44.8 Å². The van der Waals surface area contributed by atoms with Gasteiger partial charge in [0, 0.05) is 63.9 Å². The summed E-state index contributed by atoms with van der Waals surface area (Å²) in [5, 5.41) is 2.23. The molecular weight excluding hydrogens is 689 g/mol. The van der Waals surface area contributed by atoms with E-state index in [1.807, 2.05) is 48.9 Å². The molecule has 0 saturated carbocycles. The van der Waals surface area contributed by atoms with Crippen molar-refractivity contribution in [1.29, 1.82) is 0 Å². The van der Waals surface area contributed by atoms with Crippen molar-refractivity contribution in [2.24, 2.45) is 0 Å². The maximum absolute atomic E-state index is 6.49. The second-order valence-corrected chi connectivity index (χ2v) is 14.0. The van der Waals surface area contributed by atoms with Crippen LogP contribution in [0.3, 0.4) is 0 Å². The summed E-state index contributed by atoms with van der Waals surface area (Å²) in [5.74, 6) is 1.43. The van der Waals surface area contributed by atoms with Gasteiger partial charge in [-0.25, -0.2) is 0 Å². The average molecular weight is 721 g/mol. The van der Waals surface area contributed by atoms with Crippen LogP contribution in [-0.2, 0) is 9.47 Å². The van der Waals surface area contributed by atoms with Crippen molar-refractivity contribution in [3.63, 3.8) is 0 Å². The Kier molecular flexibility index (Phi) is 7.45. The van der Waals surface area contributed by atoms with Crippen LogP contribution in [0, 0.1) is 0 Å². The highest BCUT2D eigenvalue weighted by Gasteiger charge is 2.33. The summed E-state index contributed by atoms with van der Waals surface area (Å²) >= 11 is 0. The smallest absolute Gasteiger partial charge is 0.205 e. The highest BCUT2D eigenvalue weighted by Crippen LogP contribution is 2.44. The van der Waals surface area contributed by atoms with Crippen molar-refractivity contribution in [2.75, 3.05) is 0 Å². The standard InChI is InChI=1S/C50H32N4O2/c1-3-13-38(44-15-5-7-24-52-44)36(11-1)33-17-20-46-40(27-33)41-28-34(37-12-2-4-14-39(37)45-16-6-8-25-53-45)18-21-47(41)54(46)50-29-43-42-26-32(35-10-9-23-51-30-35)19-22-48(42)56-49(43)31-55-50/h1-31,48H. The van der Waals surface area contributed by atoms with E-state index in [1.165, 1.54) is 0 Å². The minimum absolute atomic E-state index is 0.183. The highest BCUT2D eigenvalue weighted by atomic mass is 16.5. The zero-order valence-electron chi connectivity index (χ0n) is 30.1. The predicted octanol–water partition coefficient (Wildman–Crippen LogP) is 11.7. The summed E-state index contributed by atoms with van der Waals surface area (Å²) in [6, 6.07) is 46.5. The number of benzene rings is 4. The van der Waals surface area contributed by atoms with Crippen LogP contribution in [0.5, 0.6) is 0 Å². The first-order valence-corrected chi connectivity index (χ1v) is 18.7. The molecule has 11 rings (SSSR count). The molecule has 4 aromatic heterocycles. The molecule has 2 aliphatic heterocycles. The largest absolute Gasteiger partial charge is 0.478 e. The molecule has 0 saturated heterocycles. The quantitative estimate of drug-likeness (QED) is 0.171. The maximum atomic E-state index is 6.49. The molecule has 56 heavy (non-hydrogen) atoms. The lowest BCUT2D eigenvalue weighted by molar-refractivity contribution is 0.200. The van der Waals surface area contributed by atoms with Crippen LogP contribution in [-0.4, -0.2) is 25.6 Å². The van der Waals surface area contributed by atoms with Gasteiger partial charge in [0.05, 0.1) is 22.4 Å². The van der Waals surface area contributed by atoms with Crippen LogP contribution in [0.25, 0.3) is 78.0 Å². The van der Waals surface area contributed by atoms with Crippen LogP contribution >= 0.6 is 0 Å². The number of nitrogens with zero attached hydrogens (tertiary/aromatic N) is 4. The van der Waals surface area contributed by atoms with E-state index in [4.69, 9.17) is 19.4 Å². The minimum atomic E-state index is -0.183. The van der Waals surface area contributed by atoms with Crippen molar-refractivity contribution < 1.29 is 9.47 Å².